The molecule has 0 radical (unpaired) electrons. The summed E-state index contributed by atoms with van der Waals surface area (Å²) in [6.45, 7) is 8.08. The Hall–Kier alpha value is -3.57. The van der Waals surface area contributed by atoms with Crippen LogP contribution in [-0.2, 0) is 38.6 Å². The van der Waals surface area contributed by atoms with E-state index in [-0.39, 0.29) is 34.6 Å². The second-order valence-electron chi connectivity index (χ2n) is 11.4. The van der Waals surface area contributed by atoms with Crippen LogP contribution < -0.4 is 14.8 Å². The van der Waals surface area contributed by atoms with Gasteiger partial charge in [-0.25, -0.2) is 8.42 Å². The number of fused-ring (bicyclic) bond motifs is 1. The van der Waals surface area contributed by atoms with Crippen molar-refractivity contribution in [3.05, 3.63) is 53.2 Å². The molecule has 1 amide bonds. The molecule has 3 aromatic rings. The monoisotopic (exact) mass is 570 g/mol. The SMILES string of the molecule is COC(=O)C1CCN(Cc2cccc3cc(C(=O)Nc4cc(C(C)(C)C)cc(NS(C)(=O)=O)c4OC)n(C)c23)C1. The number of sulfonamides is 1. The van der Waals surface area contributed by atoms with Gasteiger partial charge in [0.15, 0.2) is 5.75 Å². The number of carbonyl (C=O) groups excluding carboxylic acids is 2. The molecule has 2 heterocycles. The molecule has 11 heteroatoms. The van der Waals surface area contributed by atoms with Gasteiger partial charge in [-0.05, 0) is 47.7 Å². The molecule has 4 rings (SSSR count). The lowest BCUT2D eigenvalue weighted by Crippen LogP contribution is -2.24. The van der Waals surface area contributed by atoms with E-state index < -0.39 is 10.0 Å². The van der Waals surface area contributed by atoms with E-state index in [0.29, 0.717) is 24.5 Å². The maximum atomic E-state index is 13.6. The molecule has 0 bridgehead atoms. The topological polar surface area (TPSA) is 119 Å². The van der Waals surface area contributed by atoms with Crippen LogP contribution >= 0.6 is 0 Å². The summed E-state index contributed by atoms with van der Waals surface area (Å²) in [6, 6.07) is 11.3. The third-order valence-electron chi connectivity index (χ3n) is 7.28. The Morgan fingerprint density at radius 1 is 1.10 bits per heavy atom. The van der Waals surface area contributed by atoms with Crippen molar-refractivity contribution in [1.82, 2.24) is 9.47 Å². The maximum Gasteiger partial charge on any atom is 0.310 e. The number of aryl methyl sites for hydroxylation is 1. The van der Waals surface area contributed by atoms with Crippen LogP contribution in [0.2, 0.25) is 0 Å². The zero-order chi connectivity index (χ0) is 29.4. The van der Waals surface area contributed by atoms with Crippen LogP contribution in [0.5, 0.6) is 5.75 Å². The van der Waals surface area contributed by atoms with Crippen molar-refractivity contribution in [2.75, 3.05) is 43.6 Å². The van der Waals surface area contributed by atoms with E-state index >= 15 is 0 Å². The highest BCUT2D eigenvalue weighted by molar-refractivity contribution is 7.92. The van der Waals surface area contributed by atoms with Gasteiger partial charge in [0.1, 0.15) is 5.69 Å². The van der Waals surface area contributed by atoms with Crippen molar-refractivity contribution in [1.29, 1.82) is 0 Å². The second-order valence-corrected chi connectivity index (χ2v) is 13.1. The summed E-state index contributed by atoms with van der Waals surface area (Å²) < 4.78 is 39.0. The van der Waals surface area contributed by atoms with Gasteiger partial charge in [-0.2, -0.15) is 0 Å². The molecule has 1 fully saturated rings. The Balaban J connectivity index is 1.67. The molecule has 2 aromatic carbocycles. The molecule has 0 aliphatic carbocycles. The molecule has 1 saturated heterocycles. The standard InChI is InChI=1S/C29H38N4O6S/c1-29(2,3)21-14-22(26(38-5)23(15-21)31-40(7,36)37)30-27(34)24-13-18-9-8-10-19(25(18)32(24)4)16-33-12-11-20(17-33)28(35)39-6/h8-10,13-15,20,31H,11-12,16-17H2,1-7H3,(H,30,34). The molecule has 1 aliphatic rings. The number of amides is 1. The van der Waals surface area contributed by atoms with Crippen LogP contribution in [0.3, 0.4) is 0 Å². The van der Waals surface area contributed by atoms with Gasteiger partial charge in [-0.3, -0.25) is 19.2 Å². The largest absolute Gasteiger partial charge is 0.492 e. The molecule has 216 valence electrons. The van der Waals surface area contributed by atoms with Gasteiger partial charge in [0, 0.05) is 25.5 Å². The Kier molecular flexibility index (Phi) is 8.18. The van der Waals surface area contributed by atoms with Crippen LogP contribution in [0.4, 0.5) is 11.4 Å². The normalized spacial score (nSPS) is 16.2. The number of nitrogens with zero attached hydrogens (tertiary/aromatic N) is 2. The molecule has 1 unspecified atom stereocenters. The number of aromatic nitrogens is 1. The number of para-hydroxylation sites is 1. The predicted octanol–water partition coefficient (Wildman–Crippen LogP) is 4.10. The smallest absolute Gasteiger partial charge is 0.310 e. The zero-order valence-corrected chi connectivity index (χ0v) is 24.9. The molecule has 0 saturated carbocycles. The first kappa shape index (κ1) is 29.4. The fourth-order valence-corrected chi connectivity index (χ4v) is 5.81. The number of methoxy groups -OCH3 is 2. The third-order valence-corrected chi connectivity index (χ3v) is 7.87. The molecule has 10 nitrogen and oxygen atoms in total. The highest BCUT2D eigenvalue weighted by Gasteiger charge is 2.30. The number of anilines is 2. The summed E-state index contributed by atoms with van der Waals surface area (Å²) in [5.41, 5.74) is 3.55. The Bertz CT molecular complexity index is 1550. The van der Waals surface area contributed by atoms with Gasteiger partial charge < -0.3 is 19.4 Å². The maximum absolute atomic E-state index is 13.6. The Morgan fingerprint density at radius 3 is 2.42 bits per heavy atom. The third kappa shape index (κ3) is 6.26. The first-order valence-corrected chi connectivity index (χ1v) is 15.0. The minimum atomic E-state index is -3.59. The van der Waals surface area contributed by atoms with E-state index in [1.165, 1.54) is 14.2 Å². The molecular weight excluding hydrogens is 532 g/mol. The van der Waals surface area contributed by atoms with Crippen molar-refractivity contribution in [2.45, 2.75) is 39.2 Å². The number of hydrogen-bond acceptors (Lipinski definition) is 7. The summed E-state index contributed by atoms with van der Waals surface area (Å²) >= 11 is 0. The van der Waals surface area contributed by atoms with E-state index in [1.807, 2.05) is 62.7 Å². The fraction of sp³-hybridized carbons (Fsp3) is 0.448. The molecule has 1 aromatic heterocycles. The van der Waals surface area contributed by atoms with Gasteiger partial charge in [0.25, 0.3) is 5.91 Å². The highest BCUT2D eigenvalue weighted by atomic mass is 32.2. The number of rotatable bonds is 8. The molecule has 0 spiro atoms. The summed E-state index contributed by atoms with van der Waals surface area (Å²) in [6.07, 6.45) is 1.83. The van der Waals surface area contributed by atoms with Crippen LogP contribution in [0, 0.1) is 5.92 Å². The number of ether oxygens (including phenoxy) is 2. The summed E-state index contributed by atoms with van der Waals surface area (Å²) in [4.78, 5) is 27.9. The van der Waals surface area contributed by atoms with Crippen LogP contribution in [0.15, 0.2) is 36.4 Å². The van der Waals surface area contributed by atoms with E-state index in [0.717, 1.165) is 41.3 Å². The summed E-state index contributed by atoms with van der Waals surface area (Å²) in [7, 11) is 1.10. The van der Waals surface area contributed by atoms with Crippen molar-refractivity contribution in [3.63, 3.8) is 0 Å². The Morgan fingerprint density at radius 2 is 1.80 bits per heavy atom. The van der Waals surface area contributed by atoms with Crippen LogP contribution in [-0.4, -0.2) is 63.3 Å². The van der Waals surface area contributed by atoms with Crippen molar-refractivity contribution in [2.24, 2.45) is 13.0 Å². The molecule has 1 aliphatic heterocycles. The average molecular weight is 571 g/mol. The van der Waals surface area contributed by atoms with E-state index in [2.05, 4.69) is 14.9 Å². The molecular formula is C29H38N4O6S. The lowest BCUT2D eigenvalue weighted by atomic mass is 9.86. The molecule has 2 N–H and O–H groups in total. The van der Waals surface area contributed by atoms with Crippen molar-refractivity contribution >= 4 is 44.2 Å². The highest BCUT2D eigenvalue weighted by Crippen LogP contribution is 2.39. The first-order valence-electron chi connectivity index (χ1n) is 13.1. The van der Waals surface area contributed by atoms with E-state index in [1.54, 1.807) is 6.07 Å². The Labute approximate surface area is 235 Å². The minimum absolute atomic E-state index is 0.125. The number of carbonyl (C=O) groups is 2. The van der Waals surface area contributed by atoms with Gasteiger partial charge in [-0.1, -0.05) is 39.0 Å². The number of likely N-dealkylation sites (tertiary alicyclic amines) is 1. The number of benzene rings is 2. The van der Waals surface area contributed by atoms with Crippen LogP contribution in [0.1, 0.15) is 48.8 Å². The van der Waals surface area contributed by atoms with E-state index in [4.69, 9.17) is 9.47 Å². The zero-order valence-electron chi connectivity index (χ0n) is 24.1. The van der Waals surface area contributed by atoms with Gasteiger partial charge in [-0.15, -0.1) is 0 Å². The van der Waals surface area contributed by atoms with Crippen LogP contribution in [0.25, 0.3) is 10.9 Å². The number of hydrogen-bond donors (Lipinski definition) is 2. The summed E-state index contributed by atoms with van der Waals surface area (Å²) in [5.74, 6) is -0.439. The predicted molar refractivity (Wildman–Crippen MR) is 156 cm³/mol. The fourth-order valence-electron chi connectivity index (χ4n) is 5.26. The first-order chi connectivity index (χ1) is 18.7. The number of nitrogens with one attached hydrogen (secondary N) is 2. The van der Waals surface area contributed by atoms with E-state index in [9.17, 15) is 18.0 Å². The average Bonchev–Trinajstić information content (AvgIpc) is 3.47. The summed E-state index contributed by atoms with van der Waals surface area (Å²) in [5, 5.41) is 3.87. The molecule has 1 atom stereocenters. The van der Waals surface area contributed by atoms with Gasteiger partial charge in [0.2, 0.25) is 10.0 Å². The second kappa shape index (κ2) is 11.1. The minimum Gasteiger partial charge on any atom is -0.492 e. The van der Waals surface area contributed by atoms with Gasteiger partial charge >= 0.3 is 5.97 Å². The van der Waals surface area contributed by atoms with Crippen molar-refractivity contribution < 1.29 is 27.5 Å². The lowest BCUT2D eigenvalue weighted by Gasteiger charge is -2.24. The quantitative estimate of drug-likeness (QED) is 0.392. The van der Waals surface area contributed by atoms with Gasteiger partial charge in [0.05, 0.1) is 43.3 Å². The molecule has 40 heavy (non-hydrogen) atoms. The number of esters is 1. The van der Waals surface area contributed by atoms with Crippen molar-refractivity contribution in [3.8, 4) is 5.75 Å². The lowest BCUT2D eigenvalue weighted by molar-refractivity contribution is -0.144.